The van der Waals surface area contributed by atoms with Gasteiger partial charge in [0.1, 0.15) is 0 Å². The zero-order chi connectivity index (χ0) is 10.5. The molecule has 15 heavy (non-hydrogen) atoms. The summed E-state index contributed by atoms with van der Waals surface area (Å²) in [5.41, 5.74) is 3.51. The van der Waals surface area contributed by atoms with E-state index in [9.17, 15) is 0 Å². The van der Waals surface area contributed by atoms with Crippen LogP contribution in [0.25, 0.3) is 11.1 Å². The van der Waals surface area contributed by atoms with Crippen molar-refractivity contribution in [2.45, 2.75) is 6.42 Å². The third kappa shape index (κ3) is 2.42. The Kier molecular flexibility index (Phi) is 3.10. The van der Waals surface area contributed by atoms with Gasteiger partial charge in [-0.25, -0.2) is 0 Å². The molecule has 2 heteroatoms. The predicted octanol–water partition coefficient (Wildman–Crippen LogP) is 2.28. The molecule has 0 aliphatic heterocycles. The Balaban J connectivity index is 2.24. The van der Waals surface area contributed by atoms with Crippen LogP contribution in [0.3, 0.4) is 0 Å². The highest BCUT2D eigenvalue weighted by Crippen LogP contribution is 2.18. The van der Waals surface area contributed by atoms with Crippen LogP contribution >= 0.6 is 0 Å². The van der Waals surface area contributed by atoms with Gasteiger partial charge in [0.05, 0.1) is 0 Å². The predicted molar refractivity (Wildman–Crippen MR) is 60.5 cm³/mol. The van der Waals surface area contributed by atoms with Crippen molar-refractivity contribution < 1.29 is 5.11 Å². The van der Waals surface area contributed by atoms with Gasteiger partial charge in [-0.05, 0) is 35.2 Å². The third-order valence-electron chi connectivity index (χ3n) is 2.37. The van der Waals surface area contributed by atoms with E-state index in [0.717, 1.165) is 12.0 Å². The smallest absolute Gasteiger partial charge is 0.0471 e. The molecule has 0 amide bonds. The Hall–Kier alpha value is -1.67. The van der Waals surface area contributed by atoms with Crippen molar-refractivity contribution in [2.24, 2.45) is 0 Å². The molecule has 2 rings (SSSR count). The van der Waals surface area contributed by atoms with Gasteiger partial charge in [0, 0.05) is 19.0 Å². The van der Waals surface area contributed by atoms with Gasteiger partial charge in [-0.15, -0.1) is 0 Å². The number of aliphatic hydroxyl groups excluding tert-OH is 1. The van der Waals surface area contributed by atoms with Crippen molar-refractivity contribution in [2.75, 3.05) is 6.61 Å². The summed E-state index contributed by atoms with van der Waals surface area (Å²) in [6, 6.07) is 12.2. The van der Waals surface area contributed by atoms with E-state index in [-0.39, 0.29) is 6.61 Å². The molecule has 0 aliphatic rings. The van der Waals surface area contributed by atoms with E-state index in [4.69, 9.17) is 5.11 Å². The summed E-state index contributed by atoms with van der Waals surface area (Å²) in [6.45, 7) is 0.203. The second-order valence-electron chi connectivity index (χ2n) is 3.41. The number of aliphatic hydroxyl groups is 1. The maximum absolute atomic E-state index is 8.80. The first-order chi connectivity index (χ1) is 7.40. The normalized spacial score (nSPS) is 10.2. The monoisotopic (exact) mass is 199 g/mol. The van der Waals surface area contributed by atoms with Crippen LogP contribution in [-0.4, -0.2) is 16.7 Å². The van der Waals surface area contributed by atoms with Crippen LogP contribution in [0.15, 0.2) is 48.8 Å². The summed E-state index contributed by atoms with van der Waals surface area (Å²) in [4.78, 5) is 3.98. The summed E-state index contributed by atoms with van der Waals surface area (Å²) in [7, 11) is 0. The molecule has 0 atom stereocenters. The van der Waals surface area contributed by atoms with Crippen LogP contribution in [-0.2, 0) is 6.42 Å². The largest absolute Gasteiger partial charge is 0.396 e. The first-order valence-corrected chi connectivity index (χ1v) is 5.00. The van der Waals surface area contributed by atoms with Gasteiger partial charge in [-0.1, -0.05) is 24.3 Å². The second kappa shape index (κ2) is 4.71. The van der Waals surface area contributed by atoms with E-state index in [0.29, 0.717) is 0 Å². The molecule has 2 nitrogen and oxygen atoms in total. The summed E-state index contributed by atoms with van der Waals surface area (Å²) in [6.07, 6.45) is 4.30. The average molecular weight is 199 g/mol. The van der Waals surface area contributed by atoms with Crippen LogP contribution in [0.2, 0.25) is 0 Å². The Bertz CT molecular complexity index is 408. The van der Waals surface area contributed by atoms with Crippen molar-refractivity contribution in [3.63, 3.8) is 0 Å². The quantitative estimate of drug-likeness (QED) is 0.822. The lowest BCUT2D eigenvalue weighted by molar-refractivity contribution is 0.299. The van der Waals surface area contributed by atoms with Gasteiger partial charge in [0.15, 0.2) is 0 Å². The summed E-state index contributed by atoms with van der Waals surface area (Å²) >= 11 is 0. The molecule has 0 saturated carbocycles. The molecule has 1 heterocycles. The molecule has 1 N–H and O–H groups in total. The number of nitrogens with zero attached hydrogens (tertiary/aromatic N) is 1. The van der Waals surface area contributed by atoms with E-state index in [1.54, 1.807) is 12.4 Å². The van der Waals surface area contributed by atoms with Crippen molar-refractivity contribution >= 4 is 0 Å². The number of hydrogen-bond donors (Lipinski definition) is 1. The molecular formula is C13H13NO. The van der Waals surface area contributed by atoms with Gasteiger partial charge in [0.2, 0.25) is 0 Å². The van der Waals surface area contributed by atoms with Crippen molar-refractivity contribution in [1.29, 1.82) is 0 Å². The lowest BCUT2D eigenvalue weighted by Crippen LogP contribution is -1.89. The molecule has 0 bridgehead atoms. The van der Waals surface area contributed by atoms with E-state index in [1.807, 2.05) is 24.3 Å². The summed E-state index contributed by atoms with van der Waals surface area (Å²) in [5, 5.41) is 8.80. The highest BCUT2D eigenvalue weighted by atomic mass is 16.2. The van der Waals surface area contributed by atoms with E-state index in [1.165, 1.54) is 11.1 Å². The summed E-state index contributed by atoms with van der Waals surface area (Å²) < 4.78 is 0. The standard InChI is InChI=1S/C13H13NO/c15-10-7-11-1-3-12(4-2-11)13-5-8-14-9-6-13/h1-6,8-9,15H,7,10H2. The maximum Gasteiger partial charge on any atom is 0.0471 e. The van der Waals surface area contributed by atoms with Gasteiger partial charge in [-0.3, -0.25) is 4.98 Å². The van der Waals surface area contributed by atoms with Gasteiger partial charge in [-0.2, -0.15) is 0 Å². The Morgan fingerprint density at radius 3 is 2.07 bits per heavy atom. The molecule has 2 aromatic rings. The molecule has 0 saturated heterocycles. The molecule has 0 fully saturated rings. The molecule has 0 aliphatic carbocycles. The highest BCUT2D eigenvalue weighted by molar-refractivity contribution is 5.62. The van der Waals surface area contributed by atoms with Gasteiger partial charge in [0.25, 0.3) is 0 Å². The Morgan fingerprint density at radius 1 is 0.867 bits per heavy atom. The lowest BCUT2D eigenvalue weighted by atomic mass is 10.0. The number of aromatic nitrogens is 1. The van der Waals surface area contributed by atoms with Gasteiger partial charge >= 0.3 is 0 Å². The van der Waals surface area contributed by atoms with E-state index < -0.39 is 0 Å². The number of hydrogen-bond acceptors (Lipinski definition) is 2. The van der Waals surface area contributed by atoms with Crippen LogP contribution in [0.4, 0.5) is 0 Å². The van der Waals surface area contributed by atoms with Crippen LogP contribution in [0.1, 0.15) is 5.56 Å². The summed E-state index contributed by atoms with van der Waals surface area (Å²) in [5.74, 6) is 0. The van der Waals surface area contributed by atoms with Crippen molar-refractivity contribution in [3.8, 4) is 11.1 Å². The fraction of sp³-hybridized carbons (Fsp3) is 0.154. The molecule has 1 aromatic carbocycles. The molecule has 76 valence electrons. The fourth-order valence-corrected chi connectivity index (χ4v) is 1.54. The Labute approximate surface area is 89.2 Å². The number of pyridine rings is 1. The van der Waals surface area contributed by atoms with E-state index >= 15 is 0 Å². The highest BCUT2D eigenvalue weighted by Gasteiger charge is 1.96. The topological polar surface area (TPSA) is 33.1 Å². The maximum atomic E-state index is 8.80. The van der Waals surface area contributed by atoms with Crippen LogP contribution in [0, 0.1) is 0 Å². The number of rotatable bonds is 3. The lowest BCUT2D eigenvalue weighted by Gasteiger charge is -2.02. The second-order valence-corrected chi connectivity index (χ2v) is 3.41. The zero-order valence-corrected chi connectivity index (χ0v) is 8.43. The minimum Gasteiger partial charge on any atom is -0.396 e. The molecular weight excluding hydrogens is 186 g/mol. The third-order valence-corrected chi connectivity index (χ3v) is 2.37. The molecule has 1 aromatic heterocycles. The SMILES string of the molecule is OCCc1ccc(-c2ccncc2)cc1. The van der Waals surface area contributed by atoms with Crippen molar-refractivity contribution in [3.05, 3.63) is 54.4 Å². The molecule has 0 spiro atoms. The minimum atomic E-state index is 0.203. The zero-order valence-electron chi connectivity index (χ0n) is 8.43. The van der Waals surface area contributed by atoms with Gasteiger partial charge < -0.3 is 5.11 Å². The Morgan fingerprint density at radius 2 is 1.47 bits per heavy atom. The van der Waals surface area contributed by atoms with Crippen LogP contribution < -0.4 is 0 Å². The van der Waals surface area contributed by atoms with Crippen LogP contribution in [0.5, 0.6) is 0 Å². The molecule has 0 radical (unpaired) electrons. The first-order valence-electron chi connectivity index (χ1n) is 5.00. The first kappa shape index (κ1) is 9.87. The minimum absolute atomic E-state index is 0.203. The van der Waals surface area contributed by atoms with E-state index in [2.05, 4.69) is 17.1 Å². The van der Waals surface area contributed by atoms with Crippen molar-refractivity contribution in [1.82, 2.24) is 4.98 Å². The average Bonchev–Trinajstić information content (AvgIpc) is 2.32. The number of benzene rings is 1. The molecule has 0 unspecified atom stereocenters. The fourth-order valence-electron chi connectivity index (χ4n) is 1.54.